The van der Waals surface area contributed by atoms with Crippen molar-refractivity contribution in [1.29, 1.82) is 0 Å². The standard InChI is InChI=1S/C17H27NO2/c1-17(2,3)13-4-8-16(9-5-13)20-11-10-15(12-19)18-14-6-7-14/h4-5,8-9,14-15,18-19H,6-7,10-12H2,1-3H3. The van der Waals surface area contributed by atoms with Crippen molar-refractivity contribution in [2.75, 3.05) is 13.2 Å². The van der Waals surface area contributed by atoms with E-state index in [2.05, 4.69) is 38.2 Å². The number of ether oxygens (including phenoxy) is 1. The normalized spacial score (nSPS) is 17.0. The third-order valence-corrected chi connectivity index (χ3v) is 3.72. The Hall–Kier alpha value is -1.06. The summed E-state index contributed by atoms with van der Waals surface area (Å²) >= 11 is 0. The smallest absolute Gasteiger partial charge is 0.119 e. The molecule has 1 saturated carbocycles. The highest BCUT2D eigenvalue weighted by molar-refractivity contribution is 5.31. The molecule has 1 aromatic carbocycles. The minimum Gasteiger partial charge on any atom is -0.494 e. The molecule has 0 radical (unpaired) electrons. The Morgan fingerprint density at radius 2 is 1.90 bits per heavy atom. The maximum absolute atomic E-state index is 9.31. The van der Waals surface area contributed by atoms with E-state index in [-0.39, 0.29) is 18.1 Å². The molecule has 112 valence electrons. The Morgan fingerprint density at radius 1 is 1.25 bits per heavy atom. The summed E-state index contributed by atoms with van der Waals surface area (Å²) in [7, 11) is 0. The molecular formula is C17H27NO2. The van der Waals surface area contributed by atoms with Gasteiger partial charge >= 0.3 is 0 Å². The second-order valence-corrected chi connectivity index (χ2v) is 6.73. The molecule has 1 atom stereocenters. The van der Waals surface area contributed by atoms with Crippen LogP contribution in [0.4, 0.5) is 0 Å². The minimum atomic E-state index is 0.163. The first-order chi connectivity index (χ1) is 9.49. The van der Waals surface area contributed by atoms with E-state index >= 15 is 0 Å². The average molecular weight is 277 g/mol. The Balaban J connectivity index is 1.75. The summed E-state index contributed by atoms with van der Waals surface area (Å²) < 4.78 is 5.76. The van der Waals surface area contributed by atoms with E-state index in [0.717, 1.165) is 12.2 Å². The lowest BCUT2D eigenvalue weighted by atomic mass is 9.87. The van der Waals surface area contributed by atoms with E-state index in [9.17, 15) is 5.11 Å². The van der Waals surface area contributed by atoms with Crippen LogP contribution in [0.25, 0.3) is 0 Å². The van der Waals surface area contributed by atoms with Crippen LogP contribution in [0.2, 0.25) is 0 Å². The molecule has 3 heteroatoms. The van der Waals surface area contributed by atoms with Gasteiger partial charge in [-0.25, -0.2) is 0 Å². The molecule has 3 nitrogen and oxygen atoms in total. The van der Waals surface area contributed by atoms with Gasteiger partial charge in [0.1, 0.15) is 5.75 Å². The van der Waals surface area contributed by atoms with E-state index in [1.165, 1.54) is 18.4 Å². The van der Waals surface area contributed by atoms with E-state index in [4.69, 9.17) is 4.74 Å². The van der Waals surface area contributed by atoms with Crippen LogP contribution in [-0.4, -0.2) is 30.4 Å². The molecule has 0 bridgehead atoms. The Morgan fingerprint density at radius 3 is 2.40 bits per heavy atom. The third-order valence-electron chi connectivity index (χ3n) is 3.72. The molecule has 2 N–H and O–H groups in total. The molecular weight excluding hydrogens is 250 g/mol. The van der Waals surface area contributed by atoms with Crippen LogP contribution >= 0.6 is 0 Å². The highest BCUT2D eigenvalue weighted by Crippen LogP contribution is 2.24. The molecule has 1 aromatic rings. The first-order valence-corrected chi connectivity index (χ1v) is 7.59. The van der Waals surface area contributed by atoms with Gasteiger partial charge in [0, 0.05) is 12.1 Å². The maximum atomic E-state index is 9.31. The van der Waals surface area contributed by atoms with Gasteiger partial charge in [0.2, 0.25) is 0 Å². The highest BCUT2D eigenvalue weighted by Gasteiger charge is 2.24. The fraction of sp³-hybridized carbons (Fsp3) is 0.647. The molecule has 0 aliphatic heterocycles. The lowest BCUT2D eigenvalue weighted by Crippen LogP contribution is -2.35. The number of rotatable bonds is 7. The van der Waals surface area contributed by atoms with Crippen LogP contribution in [0.3, 0.4) is 0 Å². The topological polar surface area (TPSA) is 41.5 Å². The fourth-order valence-electron chi connectivity index (χ4n) is 2.18. The molecule has 2 rings (SSSR count). The summed E-state index contributed by atoms with van der Waals surface area (Å²) in [5, 5.41) is 12.7. The van der Waals surface area contributed by atoms with E-state index in [1.807, 2.05) is 12.1 Å². The summed E-state index contributed by atoms with van der Waals surface area (Å²) in [5.74, 6) is 0.904. The molecule has 0 amide bonds. The zero-order valence-electron chi connectivity index (χ0n) is 12.9. The SMILES string of the molecule is CC(C)(C)c1ccc(OCCC(CO)NC2CC2)cc1. The van der Waals surface area contributed by atoms with Crippen molar-refractivity contribution in [2.24, 2.45) is 0 Å². The number of aliphatic hydroxyl groups excluding tert-OH is 1. The van der Waals surface area contributed by atoms with Crippen LogP contribution in [0.15, 0.2) is 24.3 Å². The predicted octanol–water partition coefficient (Wildman–Crippen LogP) is 2.87. The Bertz CT molecular complexity index is 404. The number of nitrogens with one attached hydrogen (secondary N) is 1. The summed E-state index contributed by atoms with van der Waals surface area (Å²) in [6.45, 7) is 7.44. The lowest BCUT2D eigenvalue weighted by Gasteiger charge is -2.19. The van der Waals surface area contributed by atoms with Crippen LogP contribution in [-0.2, 0) is 5.41 Å². The van der Waals surface area contributed by atoms with E-state index < -0.39 is 0 Å². The summed E-state index contributed by atoms with van der Waals surface area (Å²) in [6, 6.07) is 9.10. The summed E-state index contributed by atoms with van der Waals surface area (Å²) in [6.07, 6.45) is 3.32. The monoisotopic (exact) mass is 277 g/mol. The van der Waals surface area contributed by atoms with Gasteiger partial charge in [0.25, 0.3) is 0 Å². The van der Waals surface area contributed by atoms with Crippen LogP contribution < -0.4 is 10.1 Å². The Labute approximate surface area is 122 Å². The molecule has 1 aliphatic carbocycles. The van der Waals surface area contributed by atoms with Gasteiger partial charge in [-0.1, -0.05) is 32.9 Å². The van der Waals surface area contributed by atoms with Gasteiger partial charge < -0.3 is 15.2 Å². The first kappa shape index (κ1) is 15.3. The van der Waals surface area contributed by atoms with Crippen molar-refractivity contribution < 1.29 is 9.84 Å². The second-order valence-electron chi connectivity index (χ2n) is 6.73. The van der Waals surface area contributed by atoms with Crippen molar-refractivity contribution in [3.05, 3.63) is 29.8 Å². The average Bonchev–Trinajstić information content (AvgIpc) is 3.21. The molecule has 0 heterocycles. The quantitative estimate of drug-likeness (QED) is 0.805. The molecule has 1 aliphatic rings. The number of hydrogen-bond donors (Lipinski definition) is 2. The van der Waals surface area contributed by atoms with Crippen LogP contribution in [0.1, 0.15) is 45.6 Å². The Kier molecular flexibility index (Phi) is 5.06. The molecule has 20 heavy (non-hydrogen) atoms. The molecule has 0 saturated heterocycles. The van der Waals surface area contributed by atoms with E-state index in [1.54, 1.807) is 0 Å². The van der Waals surface area contributed by atoms with Crippen molar-refractivity contribution in [3.63, 3.8) is 0 Å². The lowest BCUT2D eigenvalue weighted by molar-refractivity contribution is 0.207. The van der Waals surface area contributed by atoms with Crippen molar-refractivity contribution in [1.82, 2.24) is 5.32 Å². The number of aliphatic hydroxyl groups is 1. The van der Waals surface area contributed by atoms with Gasteiger partial charge in [0.15, 0.2) is 0 Å². The van der Waals surface area contributed by atoms with Gasteiger partial charge in [0.05, 0.1) is 13.2 Å². The summed E-state index contributed by atoms with van der Waals surface area (Å²) in [4.78, 5) is 0. The zero-order valence-corrected chi connectivity index (χ0v) is 12.9. The van der Waals surface area contributed by atoms with Gasteiger partial charge in [-0.2, -0.15) is 0 Å². The second kappa shape index (κ2) is 6.59. The minimum absolute atomic E-state index is 0.163. The van der Waals surface area contributed by atoms with Crippen molar-refractivity contribution in [2.45, 2.75) is 57.5 Å². The van der Waals surface area contributed by atoms with Gasteiger partial charge in [-0.3, -0.25) is 0 Å². The molecule has 0 spiro atoms. The maximum Gasteiger partial charge on any atom is 0.119 e. The predicted molar refractivity (Wildman–Crippen MR) is 82.3 cm³/mol. The molecule has 1 fully saturated rings. The van der Waals surface area contributed by atoms with Gasteiger partial charge in [-0.15, -0.1) is 0 Å². The molecule has 0 aromatic heterocycles. The first-order valence-electron chi connectivity index (χ1n) is 7.59. The van der Waals surface area contributed by atoms with Crippen LogP contribution in [0, 0.1) is 0 Å². The summed E-state index contributed by atoms with van der Waals surface area (Å²) in [5.41, 5.74) is 1.49. The largest absolute Gasteiger partial charge is 0.494 e. The zero-order chi connectivity index (χ0) is 14.6. The van der Waals surface area contributed by atoms with Gasteiger partial charge in [-0.05, 0) is 42.4 Å². The van der Waals surface area contributed by atoms with Crippen molar-refractivity contribution >= 4 is 0 Å². The molecule has 1 unspecified atom stereocenters. The number of benzene rings is 1. The highest BCUT2D eigenvalue weighted by atomic mass is 16.5. The third kappa shape index (κ3) is 4.80. The fourth-order valence-corrected chi connectivity index (χ4v) is 2.18. The van der Waals surface area contributed by atoms with Crippen LogP contribution in [0.5, 0.6) is 5.75 Å². The van der Waals surface area contributed by atoms with E-state index in [0.29, 0.717) is 12.6 Å². The number of hydrogen-bond acceptors (Lipinski definition) is 3. The van der Waals surface area contributed by atoms with Crippen molar-refractivity contribution in [3.8, 4) is 5.75 Å².